The Kier molecular flexibility index (Phi) is 4.77. The van der Waals surface area contributed by atoms with Crippen molar-refractivity contribution in [2.75, 3.05) is 25.6 Å². The maximum absolute atomic E-state index is 5.81. The fraction of sp³-hybridized carbons (Fsp3) is 0.273. The number of rotatable bonds is 7. The van der Waals surface area contributed by atoms with Crippen LogP contribution in [0, 0.1) is 6.92 Å². The van der Waals surface area contributed by atoms with Gasteiger partial charge in [-0.1, -0.05) is 6.07 Å². The zero-order chi connectivity index (χ0) is 19.7. The monoisotopic (exact) mass is 379 g/mol. The molecule has 0 saturated heterocycles. The predicted molar refractivity (Wildman–Crippen MR) is 113 cm³/mol. The van der Waals surface area contributed by atoms with Gasteiger partial charge in [-0.05, 0) is 56.0 Å². The molecular formula is C22H25N3O3. The summed E-state index contributed by atoms with van der Waals surface area (Å²) in [6, 6.07) is 12.0. The minimum absolute atomic E-state index is 0.591. The van der Waals surface area contributed by atoms with E-state index in [-0.39, 0.29) is 0 Å². The summed E-state index contributed by atoms with van der Waals surface area (Å²) in [5.41, 5.74) is 4.29. The number of hydrogen-bond donors (Lipinski definition) is 3. The molecule has 1 aliphatic heterocycles. The number of hydrogen-bond acceptors (Lipinski definition) is 4. The Labute approximate surface area is 164 Å². The molecule has 4 rings (SSSR count). The average Bonchev–Trinajstić information content (AvgIpc) is 3.23. The Morgan fingerprint density at radius 3 is 2.32 bits per heavy atom. The maximum atomic E-state index is 5.81. The molecule has 0 radical (unpaired) electrons. The van der Waals surface area contributed by atoms with Crippen molar-refractivity contribution in [1.29, 1.82) is 0 Å². The molecule has 0 spiro atoms. The van der Waals surface area contributed by atoms with Gasteiger partial charge < -0.3 is 19.5 Å². The van der Waals surface area contributed by atoms with Gasteiger partial charge >= 0.3 is 0 Å². The molecule has 2 aliphatic rings. The topological polar surface area (TPSA) is 71.3 Å². The average molecular weight is 379 g/mol. The van der Waals surface area contributed by atoms with E-state index in [2.05, 4.69) is 34.6 Å². The smallest absolute Gasteiger partial charge is 0.161 e. The maximum Gasteiger partial charge on any atom is 0.161 e. The first-order chi connectivity index (χ1) is 13.7. The van der Waals surface area contributed by atoms with Crippen molar-refractivity contribution in [3.8, 4) is 28.5 Å². The molecule has 0 fully saturated rings. The molecule has 28 heavy (non-hydrogen) atoms. The molecule has 1 heterocycles. The number of fused-ring (bicyclic) bond motifs is 3. The van der Waals surface area contributed by atoms with Crippen LogP contribution in [0.4, 0.5) is 11.5 Å². The molecule has 0 saturated carbocycles. The Balaban J connectivity index is 1.80. The van der Waals surface area contributed by atoms with Crippen LogP contribution in [0.5, 0.6) is 17.2 Å². The first-order valence-electron chi connectivity index (χ1n) is 9.49. The third kappa shape index (κ3) is 3.01. The third-order valence-electron chi connectivity index (χ3n) is 4.88. The number of methoxy groups -OCH3 is 1. The fourth-order valence-corrected chi connectivity index (χ4v) is 3.64. The lowest BCUT2D eigenvalue weighted by molar-refractivity contribution is 0.288. The van der Waals surface area contributed by atoms with Gasteiger partial charge in [-0.2, -0.15) is 0 Å². The Morgan fingerprint density at radius 1 is 0.929 bits per heavy atom. The third-order valence-corrected chi connectivity index (χ3v) is 4.88. The van der Waals surface area contributed by atoms with Crippen molar-refractivity contribution in [3.63, 3.8) is 0 Å². The number of nitrogens with one attached hydrogen (secondary N) is 3. The molecule has 2 aromatic carbocycles. The minimum atomic E-state index is 0.591. The second-order valence-corrected chi connectivity index (χ2v) is 6.57. The van der Waals surface area contributed by atoms with Crippen LogP contribution < -0.4 is 19.5 Å². The van der Waals surface area contributed by atoms with Crippen molar-refractivity contribution in [3.05, 3.63) is 42.0 Å². The van der Waals surface area contributed by atoms with Crippen LogP contribution in [0.25, 0.3) is 22.0 Å². The summed E-state index contributed by atoms with van der Waals surface area (Å²) in [4.78, 5) is 0. The highest BCUT2D eigenvalue weighted by molar-refractivity contribution is 6.08. The highest BCUT2D eigenvalue weighted by Crippen LogP contribution is 2.46. The summed E-state index contributed by atoms with van der Waals surface area (Å²) in [5.74, 6) is 3.26. The summed E-state index contributed by atoms with van der Waals surface area (Å²) >= 11 is 0. The SMILES string of the molecule is CCOc1cc2c3[nH][nH]c(Nc4cccc(OC)c4)c-3c(C)c2cc1OCC. The van der Waals surface area contributed by atoms with Crippen LogP contribution in [-0.4, -0.2) is 30.5 Å². The lowest BCUT2D eigenvalue weighted by Crippen LogP contribution is -1.98. The zero-order valence-electron chi connectivity index (χ0n) is 16.6. The molecule has 0 aromatic heterocycles. The summed E-state index contributed by atoms with van der Waals surface area (Å²) in [6.07, 6.45) is 0. The van der Waals surface area contributed by atoms with Crippen LogP contribution in [-0.2, 0) is 0 Å². The van der Waals surface area contributed by atoms with Gasteiger partial charge in [-0.3, -0.25) is 10.2 Å². The number of aromatic nitrogens is 2. The number of aryl methyl sites for hydroxylation is 1. The molecular weight excluding hydrogens is 354 g/mol. The van der Waals surface area contributed by atoms with Crippen molar-refractivity contribution in [2.24, 2.45) is 0 Å². The molecule has 1 aliphatic carbocycles. The van der Waals surface area contributed by atoms with Gasteiger partial charge in [0.2, 0.25) is 0 Å². The van der Waals surface area contributed by atoms with Gasteiger partial charge in [0, 0.05) is 22.7 Å². The molecule has 2 aromatic rings. The second kappa shape index (κ2) is 7.38. The van der Waals surface area contributed by atoms with Gasteiger partial charge in [0.15, 0.2) is 11.5 Å². The summed E-state index contributed by atoms with van der Waals surface area (Å²) < 4.78 is 16.9. The Morgan fingerprint density at radius 2 is 1.64 bits per heavy atom. The summed E-state index contributed by atoms with van der Waals surface area (Å²) in [5, 5.41) is 12.3. The molecule has 6 heteroatoms. The lowest BCUT2D eigenvalue weighted by Gasteiger charge is -2.11. The minimum Gasteiger partial charge on any atom is -0.497 e. The summed E-state index contributed by atoms with van der Waals surface area (Å²) in [7, 11) is 1.67. The first kappa shape index (κ1) is 18.1. The van der Waals surface area contributed by atoms with Crippen molar-refractivity contribution in [1.82, 2.24) is 10.2 Å². The van der Waals surface area contributed by atoms with E-state index in [1.165, 1.54) is 5.56 Å². The zero-order valence-corrected chi connectivity index (χ0v) is 16.6. The van der Waals surface area contributed by atoms with Gasteiger partial charge in [0.1, 0.15) is 11.6 Å². The molecule has 3 N–H and O–H groups in total. The molecule has 6 nitrogen and oxygen atoms in total. The van der Waals surface area contributed by atoms with E-state index in [0.29, 0.717) is 13.2 Å². The number of aromatic amines is 2. The van der Waals surface area contributed by atoms with Crippen LogP contribution >= 0.6 is 0 Å². The van der Waals surface area contributed by atoms with Crippen LogP contribution in [0.15, 0.2) is 36.4 Å². The van der Waals surface area contributed by atoms with Crippen LogP contribution in [0.2, 0.25) is 0 Å². The number of H-pyrrole nitrogens is 2. The van der Waals surface area contributed by atoms with Gasteiger partial charge in [0.05, 0.1) is 26.0 Å². The molecule has 0 bridgehead atoms. The molecule has 0 amide bonds. The van der Waals surface area contributed by atoms with Gasteiger partial charge in [-0.15, -0.1) is 0 Å². The highest BCUT2D eigenvalue weighted by atomic mass is 16.5. The number of benzene rings is 2. The van der Waals surface area contributed by atoms with Crippen molar-refractivity contribution in [2.45, 2.75) is 20.8 Å². The van der Waals surface area contributed by atoms with E-state index in [0.717, 1.165) is 50.8 Å². The van der Waals surface area contributed by atoms with Gasteiger partial charge in [0.25, 0.3) is 0 Å². The standard InChI is InChI=1S/C22H25N3O3/c1-5-27-18-11-16-13(3)20-21(17(16)12-19(18)28-6-2)24-25-22(20)23-14-8-7-9-15(10-14)26-4/h7-12,23-25H,5-6H2,1-4H3. The molecule has 0 unspecified atom stereocenters. The number of ether oxygens (including phenoxy) is 3. The largest absolute Gasteiger partial charge is 0.497 e. The van der Waals surface area contributed by atoms with E-state index in [1.54, 1.807) is 7.11 Å². The summed E-state index contributed by atoms with van der Waals surface area (Å²) in [6.45, 7) is 7.27. The van der Waals surface area contributed by atoms with Crippen molar-refractivity contribution < 1.29 is 14.2 Å². The molecule has 146 valence electrons. The lowest BCUT2D eigenvalue weighted by atomic mass is 10.1. The van der Waals surface area contributed by atoms with E-state index >= 15 is 0 Å². The Bertz CT molecular complexity index is 1080. The van der Waals surface area contributed by atoms with Crippen LogP contribution in [0.3, 0.4) is 0 Å². The number of anilines is 2. The van der Waals surface area contributed by atoms with Crippen molar-refractivity contribution >= 4 is 22.3 Å². The Hall–Kier alpha value is -3.28. The van der Waals surface area contributed by atoms with Crippen LogP contribution in [0.1, 0.15) is 19.4 Å². The molecule has 0 atom stereocenters. The van der Waals surface area contributed by atoms with E-state index in [1.807, 2.05) is 38.1 Å². The van der Waals surface area contributed by atoms with E-state index in [4.69, 9.17) is 14.2 Å². The quantitative estimate of drug-likeness (QED) is 0.399. The second-order valence-electron chi connectivity index (χ2n) is 6.57. The van der Waals surface area contributed by atoms with E-state index < -0.39 is 0 Å². The first-order valence-corrected chi connectivity index (χ1v) is 9.49. The normalized spacial score (nSPS) is 11.1. The highest BCUT2D eigenvalue weighted by Gasteiger charge is 2.23. The van der Waals surface area contributed by atoms with E-state index in [9.17, 15) is 0 Å². The fourth-order valence-electron chi connectivity index (χ4n) is 3.64. The van der Waals surface area contributed by atoms with Gasteiger partial charge in [-0.25, -0.2) is 0 Å². The predicted octanol–water partition coefficient (Wildman–Crippen LogP) is 5.46.